The van der Waals surface area contributed by atoms with Gasteiger partial charge in [0.05, 0.1) is 36.8 Å². The number of nitrogens with zero attached hydrogens (tertiary/aromatic N) is 2. The molecule has 2 aromatic carbocycles. The highest BCUT2D eigenvalue weighted by Gasteiger charge is 2.20. The van der Waals surface area contributed by atoms with Crippen molar-refractivity contribution in [2.24, 2.45) is 0 Å². The van der Waals surface area contributed by atoms with Crippen molar-refractivity contribution in [3.05, 3.63) is 75.1 Å². The van der Waals surface area contributed by atoms with Gasteiger partial charge in [0.2, 0.25) is 5.91 Å². The first-order valence-corrected chi connectivity index (χ1v) is 9.33. The first kappa shape index (κ1) is 19.8. The highest BCUT2D eigenvalue weighted by atomic mass is 79.9. The lowest BCUT2D eigenvalue weighted by Crippen LogP contribution is -2.36. The summed E-state index contributed by atoms with van der Waals surface area (Å²) in [6, 6.07) is 13.8. The minimum atomic E-state index is -0.582. The monoisotopic (exact) mass is 443 g/mol. The summed E-state index contributed by atoms with van der Waals surface area (Å²) >= 11 is 3.39. The second-order valence-electron chi connectivity index (χ2n) is 6.13. The molecule has 0 aliphatic carbocycles. The highest BCUT2D eigenvalue weighted by Crippen LogP contribution is 2.21. The smallest absolute Gasteiger partial charge is 0.307 e. The van der Waals surface area contributed by atoms with E-state index in [1.165, 1.54) is 17.9 Å². The minimum absolute atomic E-state index is 0.0231. The van der Waals surface area contributed by atoms with Crippen molar-refractivity contribution in [3.63, 3.8) is 0 Å². The van der Waals surface area contributed by atoms with Gasteiger partial charge in [-0.2, -0.15) is 0 Å². The fraction of sp³-hybridized carbons (Fsp3) is 0.200. The number of para-hydroxylation sites is 2. The number of amides is 1. The topological polar surface area (TPSA) is 90.3 Å². The molecule has 0 saturated carbocycles. The molecule has 0 aliphatic rings. The van der Waals surface area contributed by atoms with Gasteiger partial charge in [-0.3, -0.25) is 19.0 Å². The zero-order valence-electron chi connectivity index (χ0n) is 15.1. The summed E-state index contributed by atoms with van der Waals surface area (Å²) in [5.41, 5.74) is 1.56. The van der Waals surface area contributed by atoms with E-state index in [-0.39, 0.29) is 18.5 Å². The summed E-state index contributed by atoms with van der Waals surface area (Å²) < 4.78 is 6.92. The predicted molar refractivity (Wildman–Crippen MR) is 108 cm³/mol. The number of halogens is 1. The third-order valence-corrected chi connectivity index (χ3v) is 4.73. The number of methoxy groups -OCH3 is 1. The fourth-order valence-corrected chi connectivity index (χ4v) is 3.30. The molecule has 1 atom stereocenters. The Morgan fingerprint density at radius 1 is 1.21 bits per heavy atom. The number of ether oxygens (including phenoxy) is 1. The van der Waals surface area contributed by atoms with Crippen LogP contribution >= 0.6 is 15.9 Å². The Balaban J connectivity index is 1.86. The lowest BCUT2D eigenvalue weighted by Gasteiger charge is -2.19. The van der Waals surface area contributed by atoms with Gasteiger partial charge in [-0.1, -0.05) is 40.2 Å². The molecule has 7 nitrogen and oxygen atoms in total. The van der Waals surface area contributed by atoms with Crippen LogP contribution in [-0.2, 0) is 20.9 Å². The van der Waals surface area contributed by atoms with Gasteiger partial charge < -0.3 is 10.1 Å². The zero-order valence-corrected chi connectivity index (χ0v) is 16.7. The first-order valence-electron chi connectivity index (χ1n) is 8.54. The fourth-order valence-electron chi connectivity index (χ4n) is 2.89. The maximum atomic E-state index is 12.7. The van der Waals surface area contributed by atoms with Gasteiger partial charge in [0.15, 0.2) is 0 Å². The number of rotatable bonds is 6. The number of benzene rings is 2. The lowest BCUT2D eigenvalue weighted by molar-refractivity contribution is -0.141. The van der Waals surface area contributed by atoms with Crippen LogP contribution in [0.3, 0.4) is 0 Å². The van der Waals surface area contributed by atoms with E-state index >= 15 is 0 Å². The molecule has 0 radical (unpaired) electrons. The van der Waals surface area contributed by atoms with Gasteiger partial charge in [0, 0.05) is 4.47 Å². The summed E-state index contributed by atoms with van der Waals surface area (Å²) in [6.07, 6.45) is 1.17. The lowest BCUT2D eigenvalue weighted by atomic mass is 10.0. The van der Waals surface area contributed by atoms with Crippen molar-refractivity contribution in [1.29, 1.82) is 0 Å². The van der Waals surface area contributed by atoms with Crippen LogP contribution < -0.4 is 10.9 Å². The molecule has 28 heavy (non-hydrogen) atoms. The van der Waals surface area contributed by atoms with Crippen LogP contribution in [0.25, 0.3) is 11.0 Å². The minimum Gasteiger partial charge on any atom is -0.469 e. The number of hydrogen-bond donors (Lipinski definition) is 1. The molecule has 1 unspecified atom stereocenters. The van der Waals surface area contributed by atoms with E-state index in [1.807, 2.05) is 30.3 Å². The van der Waals surface area contributed by atoms with E-state index in [2.05, 4.69) is 26.2 Å². The van der Waals surface area contributed by atoms with E-state index in [0.717, 1.165) is 10.0 Å². The molecular formula is C20H18BrN3O4. The van der Waals surface area contributed by atoms with Gasteiger partial charge in [-0.25, -0.2) is 4.98 Å². The van der Waals surface area contributed by atoms with Crippen molar-refractivity contribution in [2.45, 2.75) is 19.0 Å². The first-order chi connectivity index (χ1) is 13.5. The molecule has 0 spiro atoms. The van der Waals surface area contributed by atoms with Crippen LogP contribution in [-0.4, -0.2) is 28.5 Å². The number of esters is 1. The van der Waals surface area contributed by atoms with E-state index in [1.54, 1.807) is 18.2 Å². The van der Waals surface area contributed by atoms with Crippen molar-refractivity contribution >= 4 is 38.8 Å². The number of carbonyl (C=O) groups is 2. The summed E-state index contributed by atoms with van der Waals surface area (Å²) in [5.74, 6) is -0.843. The second kappa shape index (κ2) is 8.79. The Morgan fingerprint density at radius 3 is 2.75 bits per heavy atom. The number of aromatic nitrogens is 2. The zero-order chi connectivity index (χ0) is 20.1. The van der Waals surface area contributed by atoms with Gasteiger partial charge in [0.25, 0.3) is 5.56 Å². The Labute approximate surface area is 169 Å². The van der Waals surface area contributed by atoms with Crippen molar-refractivity contribution in [2.75, 3.05) is 7.11 Å². The number of carbonyl (C=O) groups excluding carboxylic acids is 2. The molecule has 0 saturated heterocycles. The Morgan fingerprint density at radius 2 is 2.00 bits per heavy atom. The summed E-state index contributed by atoms with van der Waals surface area (Å²) in [4.78, 5) is 40.8. The molecule has 0 fully saturated rings. The highest BCUT2D eigenvalue weighted by molar-refractivity contribution is 9.10. The van der Waals surface area contributed by atoms with Gasteiger partial charge in [0.1, 0.15) is 6.54 Å². The molecule has 1 aromatic heterocycles. The average Bonchev–Trinajstić information content (AvgIpc) is 2.69. The number of hydrogen-bond acceptors (Lipinski definition) is 5. The molecule has 144 valence electrons. The molecule has 0 aliphatic heterocycles. The Kier molecular flexibility index (Phi) is 6.20. The third kappa shape index (κ3) is 4.64. The van der Waals surface area contributed by atoms with Gasteiger partial charge in [-0.15, -0.1) is 0 Å². The van der Waals surface area contributed by atoms with E-state index in [9.17, 15) is 14.4 Å². The van der Waals surface area contributed by atoms with E-state index in [0.29, 0.717) is 11.0 Å². The summed E-state index contributed by atoms with van der Waals surface area (Å²) in [5, 5.41) is 2.83. The molecule has 8 heteroatoms. The van der Waals surface area contributed by atoms with Gasteiger partial charge in [-0.05, 0) is 29.8 Å². The van der Waals surface area contributed by atoms with E-state index in [4.69, 9.17) is 4.74 Å². The van der Waals surface area contributed by atoms with Crippen LogP contribution in [0.15, 0.2) is 64.0 Å². The van der Waals surface area contributed by atoms with E-state index < -0.39 is 17.9 Å². The molecular weight excluding hydrogens is 426 g/mol. The number of fused-ring (bicyclic) bond motifs is 1. The predicted octanol–water partition coefficient (Wildman–Crippen LogP) is 2.58. The quantitative estimate of drug-likeness (QED) is 0.591. The van der Waals surface area contributed by atoms with Crippen molar-refractivity contribution < 1.29 is 14.3 Å². The van der Waals surface area contributed by atoms with Crippen LogP contribution in [0.5, 0.6) is 0 Å². The van der Waals surface area contributed by atoms with Crippen molar-refractivity contribution in [3.8, 4) is 0 Å². The largest absolute Gasteiger partial charge is 0.469 e. The molecule has 1 N–H and O–H groups in total. The molecule has 1 amide bonds. The average molecular weight is 444 g/mol. The SMILES string of the molecule is COC(=O)CC(NC(=O)Cn1c(=O)cnc2ccccc21)c1cccc(Br)c1. The Bertz CT molecular complexity index is 1080. The molecule has 0 bridgehead atoms. The number of nitrogens with one attached hydrogen (secondary N) is 1. The van der Waals surface area contributed by atoms with Gasteiger partial charge >= 0.3 is 5.97 Å². The van der Waals surface area contributed by atoms with Crippen LogP contribution in [0.4, 0.5) is 0 Å². The van der Waals surface area contributed by atoms with Crippen LogP contribution in [0, 0.1) is 0 Å². The summed E-state index contributed by atoms with van der Waals surface area (Å²) in [6.45, 7) is -0.187. The van der Waals surface area contributed by atoms with Crippen LogP contribution in [0.1, 0.15) is 18.0 Å². The molecule has 3 aromatic rings. The van der Waals surface area contributed by atoms with Crippen molar-refractivity contribution in [1.82, 2.24) is 14.9 Å². The van der Waals surface area contributed by atoms with Crippen LogP contribution in [0.2, 0.25) is 0 Å². The third-order valence-electron chi connectivity index (χ3n) is 4.24. The second-order valence-corrected chi connectivity index (χ2v) is 7.04. The molecule has 1 heterocycles. The maximum absolute atomic E-state index is 12.7. The summed E-state index contributed by atoms with van der Waals surface area (Å²) in [7, 11) is 1.30. The Hall–Kier alpha value is -3.00. The standard InChI is InChI=1S/C20H18BrN3O4/c1-28-20(27)10-16(13-5-4-6-14(21)9-13)23-18(25)12-24-17-8-3-2-7-15(17)22-11-19(24)26/h2-9,11,16H,10,12H2,1H3,(H,23,25). The molecule has 3 rings (SSSR count). The normalized spacial score (nSPS) is 11.8. The maximum Gasteiger partial charge on any atom is 0.307 e.